The molecule has 0 saturated carbocycles. The van der Waals surface area contributed by atoms with E-state index < -0.39 is 8.38 Å². The molecule has 4 heteroatoms. The zero-order valence-corrected chi connectivity index (χ0v) is 15.2. The fraction of sp³-hybridized carbons (Fsp3) is 0.100. The molecule has 24 heavy (non-hydrogen) atoms. The van der Waals surface area contributed by atoms with Gasteiger partial charge >= 0.3 is 8.38 Å². The molecule has 0 saturated heterocycles. The lowest BCUT2D eigenvalue weighted by Crippen LogP contribution is -2.11. The van der Waals surface area contributed by atoms with Gasteiger partial charge in [-0.1, -0.05) is 42.1 Å². The highest BCUT2D eigenvalue weighted by Gasteiger charge is 2.24. The Kier molecular flexibility index (Phi) is 4.22. The molecule has 3 aromatic carbocycles. The third kappa shape index (κ3) is 3.15. The molecule has 4 rings (SSSR count). The van der Waals surface area contributed by atoms with E-state index in [2.05, 4.69) is 50.2 Å². The SMILES string of the molecule is Cc1ccc2c(c1)Sc1cc(C)ccc1OP(c1ccccc1)O2. The van der Waals surface area contributed by atoms with Crippen LogP contribution in [0.5, 0.6) is 11.5 Å². The van der Waals surface area contributed by atoms with Crippen LogP contribution in [0, 0.1) is 13.8 Å². The zero-order chi connectivity index (χ0) is 16.5. The Bertz CT molecular complexity index is 827. The molecule has 0 spiro atoms. The molecule has 0 fully saturated rings. The van der Waals surface area contributed by atoms with E-state index in [0.29, 0.717) is 0 Å². The summed E-state index contributed by atoms with van der Waals surface area (Å²) >= 11 is 1.70. The van der Waals surface area contributed by atoms with Crippen molar-refractivity contribution < 1.29 is 9.05 Å². The van der Waals surface area contributed by atoms with Crippen LogP contribution in [0.4, 0.5) is 0 Å². The molecule has 0 N–H and O–H groups in total. The second kappa shape index (κ2) is 6.51. The van der Waals surface area contributed by atoms with Gasteiger partial charge in [-0.05, 0) is 61.4 Å². The Morgan fingerprint density at radius 3 is 1.79 bits per heavy atom. The van der Waals surface area contributed by atoms with E-state index in [4.69, 9.17) is 9.05 Å². The highest BCUT2D eigenvalue weighted by Crippen LogP contribution is 2.50. The van der Waals surface area contributed by atoms with Gasteiger partial charge in [-0.3, -0.25) is 0 Å². The summed E-state index contributed by atoms with van der Waals surface area (Å²) < 4.78 is 12.6. The van der Waals surface area contributed by atoms with Crippen molar-refractivity contribution in [1.82, 2.24) is 0 Å². The third-order valence-corrected chi connectivity index (χ3v) is 6.27. The van der Waals surface area contributed by atoms with Gasteiger partial charge in [0.15, 0.2) is 0 Å². The van der Waals surface area contributed by atoms with Crippen LogP contribution < -0.4 is 14.4 Å². The molecule has 0 radical (unpaired) electrons. The zero-order valence-electron chi connectivity index (χ0n) is 13.5. The van der Waals surface area contributed by atoms with Crippen LogP contribution in [-0.2, 0) is 0 Å². The molecule has 0 amide bonds. The quantitative estimate of drug-likeness (QED) is 0.511. The minimum atomic E-state index is -1.22. The Balaban J connectivity index is 1.85. The lowest BCUT2D eigenvalue weighted by molar-refractivity contribution is 0.485. The van der Waals surface area contributed by atoms with Crippen LogP contribution in [0.25, 0.3) is 0 Å². The fourth-order valence-corrected chi connectivity index (χ4v) is 5.12. The normalized spacial score (nSPS) is 13.8. The van der Waals surface area contributed by atoms with Gasteiger partial charge in [-0.25, -0.2) is 0 Å². The molecule has 0 aromatic heterocycles. The highest BCUT2D eigenvalue weighted by molar-refractivity contribution is 7.99. The molecule has 0 aliphatic carbocycles. The smallest absolute Gasteiger partial charge is 0.326 e. The predicted molar refractivity (Wildman–Crippen MR) is 101 cm³/mol. The van der Waals surface area contributed by atoms with Crippen molar-refractivity contribution in [2.45, 2.75) is 23.6 Å². The number of rotatable bonds is 1. The second-order valence-electron chi connectivity index (χ2n) is 5.78. The van der Waals surface area contributed by atoms with Crippen molar-refractivity contribution in [1.29, 1.82) is 0 Å². The Labute approximate surface area is 147 Å². The topological polar surface area (TPSA) is 18.5 Å². The standard InChI is InChI=1S/C20H17O2PS/c1-14-8-10-17-19(12-14)24-20-13-15(2)9-11-18(20)22-23(21-17)16-6-4-3-5-7-16/h3-13H,1-2H3. The average molecular weight is 352 g/mol. The lowest BCUT2D eigenvalue weighted by atomic mass is 10.2. The van der Waals surface area contributed by atoms with Gasteiger partial charge in [0, 0.05) is 0 Å². The molecule has 2 nitrogen and oxygen atoms in total. The third-order valence-electron chi connectivity index (χ3n) is 3.75. The average Bonchev–Trinajstić information content (AvgIpc) is 2.57. The van der Waals surface area contributed by atoms with Gasteiger partial charge in [0.05, 0.1) is 15.1 Å². The van der Waals surface area contributed by atoms with Crippen molar-refractivity contribution in [3.05, 3.63) is 77.9 Å². The molecule has 0 bridgehead atoms. The molecule has 0 unspecified atom stereocenters. The monoisotopic (exact) mass is 352 g/mol. The van der Waals surface area contributed by atoms with E-state index >= 15 is 0 Å². The van der Waals surface area contributed by atoms with Crippen LogP contribution >= 0.6 is 20.1 Å². The number of hydrogen-bond acceptors (Lipinski definition) is 3. The number of fused-ring (bicyclic) bond motifs is 2. The van der Waals surface area contributed by atoms with Gasteiger partial charge in [-0.15, -0.1) is 0 Å². The molecule has 1 heterocycles. The highest BCUT2D eigenvalue weighted by atomic mass is 32.2. The van der Waals surface area contributed by atoms with E-state index in [1.54, 1.807) is 11.8 Å². The number of aryl methyl sites for hydroxylation is 2. The van der Waals surface area contributed by atoms with Crippen LogP contribution in [-0.4, -0.2) is 0 Å². The lowest BCUT2D eigenvalue weighted by Gasteiger charge is -2.24. The van der Waals surface area contributed by atoms with Crippen molar-refractivity contribution >= 4 is 25.4 Å². The van der Waals surface area contributed by atoms with Crippen LogP contribution in [0.15, 0.2) is 76.5 Å². The second-order valence-corrected chi connectivity index (χ2v) is 8.26. The summed E-state index contributed by atoms with van der Waals surface area (Å²) in [7, 11) is -1.22. The summed E-state index contributed by atoms with van der Waals surface area (Å²) in [6.45, 7) is 4.21. The van der Waals surface area contributed by atoms with Gasteiger partial charge in [-0.2, -0.15) is 0 Å². The minimum Gasteiger partial charge on any atom is -0.434 e. The maximum Gasteiger partial charge on any atom is 0.326 e. The van der Waals surface area contributed by atoms with E-state index in [1.807, 2.05) is 30.3 Å². The fourth-order valence-electron chi connectivity index (χ4n) is 2.51. The van der Waals surface area contributed by atoms with Crippen molar-refractivity contribution in [3.8, 4) is 11.5 Å². The maximum atomic E-state index is 6.29. The maximum absolute atomic E-state index is 6.29. The van der Waals surface area contributed by atoms with Gasteiger partial charge in [0.2, 0.25) is 0 Å². The predicted octanol–water partition coefficient (Wildman–Crippen LogP) is 5.86. The Morgan fingerprint density at radius 2 is 1.25 bits per heavy atom. The van der Waals surface area contributed by atoms with E-state index in [0.717, 1.165) is 26.6 Å². The number of hydrogen-bond donors (Lipinski definition) is 0. The van der Waals surface area contributed by atoms with Gasteiger partial charge in [0.25, 0.3) is 0 Å². The largest absolute Gasteiger partial charge is 0.434 e. The molecule has 1 aliphatic heterocycles. The summed E-state index contributed by atoms with van der Waals surface area (Å²) in [6, 6.07) is 22.8. The van der Waals surface area contributed by atoms with Crippen LogP contribution in [0.1, 0.15) is 11.1 Å². The van der Waals surface area contributed by atoms with Gasteiger partial charge < -0.3 is 9.05 Å². The number of benzene rings is 3. The van der Waals surface area contributed by atoms with Crippen molar-refractivity contribution in [2.24, 2.45) is 0 Å². The van der Waals surface area contributed by atoms with Crippen molar-refractivity contribution in [3.63, 3.8) is 0 Å². The Morgan fingerprint density at radius 1 is 0.708 bits per heavy atom. The minimum absolute atomic E-state index is 0.882. The summed E-state index contributed by atoms with van der Waals surface area (Å²) in [4.78, 5) is 2.27. The first kappa shape index (κ1) is 15.6. The van der Waals surface area contributed by atoms with Crippen LogP contribution in [0.2, 0.25) is 0 Å². The van der Waals surface area contributed by atoms with Gasteiger partial charge in [0.1, 0.15) is 11.5 Å². The first-order chi connectivity index (χ1) is 11.7. The molecule has 1 aliphatic rings. The van der Waals surface area contributed by atoms with E-state index in [-0.39, 0.29) is 0 Å². The Hall–Kier alpha value is -1.96. The van der Waals surface area contributed by atoms with Crippen LogP contribution in [0.3, 0.4) is 0 Å². The van der Waals surface area contributed by atoms with E-state index in [1.165, 1.54) is 11.1 Å². The molecule has 0 atom stereocenters. The summed E-state index contributed by atoms with van der Waals surface area (Å²) in [5.74, 6) is 1.76. The first-order valence-electron chi connectivity index (χ1n) is 7.79. The first-order valence-corrected chi connectivity index (χ1v) is 9.79. The molecule has 120 valence electrons. The summed E-state index contributed by atoms with van der Waals surface area (Å²) in [5, 5.41) is 1.07. The van der Waals surface area contributed by atoms with Crippen molar-refractivity contribution in [2.75, 3.05) is 0 Å². The molecule has 3 aromatic rings. The van der Waals surface area contributed by atoms with E-state index in [9.17, 15) is 0 Å². The summed E-state index contributed by atoms with van der Waals surface area (Å²) in [6.07, 6.45) is 0. The summed E-state index contributed by atoms with van der Waals surface area (Å²) in [5.41, 5.74) is 2.45. The molecular formula is C20H17O2PS. The molecular weight excluding hydrogens is 335 g/mol.